The number of rotatable bonds is 5. The Balaban J connectivity index is 1.41. The van der Waals surface area contributed by atoms with E-state index in [9.17, 15) is 9.59 Å². The van der Waals surface area contributed by atoms with E-state index in [1.807, 2.05) is 39.7 Å². The van der Waals surface area contributed by atoms with E-state index in [0.29, 0.717) is 38.4 Å². The highest BCUT2D eigenvalue weighted by Gasteiger charge is 2.58. The average molecular weight is 419 g/mol. The number of carbonyl (C=O) groups is 2. The van der Waals surface area contributed by atoms with Crippen molar-refractivity contribution in [2.45, 2.75) is 25.3 Å². The molecule has 1 spiro atoms. The number of amides is 2. The van der Waals surface area contributed by atoms with Gasteiger partial charge < -0.3 is 18.8 Å². The van der Waals surface area contributed by atoms with Gasteiger partial charge in [-0.3, -0.25) is 14.6 Å². The zero-order valence-electron chi connectivity index (χ0n) is 17.5. The first-order chi connectivity index (χ1) is 15.0. The van der Waals surface area contributed by atoms with Gasteiger partial charge >= 0.3 is 0 Å². The number of imidazole rings is 1. The van der Waals surface area contributed by atoms with E-state index in [2.05, 4.69) is 9.97 Å². The van der Waals surface area contributed by atoms with Gasteiger partial charge in [0.2, 0.25) is 11.8 Å². The van der Waals surface area contributed by atoms with Crippen molar-refractivity contribution < 1.29 is 14.0 Å². The molecule has 0 radical (unpaired) electrons. The molecule has 2 saturated heterocycles. The Morgan fingerprint density at radius 3 is 2.94 bits per heavy atom. The summed E-state index contributed by atoms with van der Waals surface area (Å²) in [5.74, 6) is 0.587. The number of aryl methyl sites for hydroxylation is 1. The second kappa shape index (κ2) is 7.68. The maximum absolute atomic E-state index is 13.7. The van der Waals surface area contributed by atoms with E-state index in [1.54, 1.807) is 37.1 Å². The molecular weight excluding hydrogens is 394 g/mol. The van der Waals surface area contributed by atoms with Gasteiger partial charge in [0.15, 0.2) is 0 Å². The summed E-state index contributed by atoms with van der Waals surface area (Å²) in [6, 6.07) is 7.44. The summed E-state index contributed by atoms with van der Waals surface area (Å²) in [5, 5.41) is 0. The molecule has 3 aromatic rings. The first-order valence-electron chi connectivity index (χ1n) is 10.5. The van der Waals surface area contributed by atoms with Gasteiger partial charge in [-0.2, -0.15) is 0 Å². The maximum atomic E-state index is 13.7. The van der Waals surface area contributed by atoms with Crippen LogP contribution in [0.1, 0.15) is 29.4 Å². The molecule has 5 heterocycles. The van der Waals surface area contributed by atoms with Gasteiger partial charge in [0.1, 0.15) is 5.76 Å². The van der Waals surface area contributed by atoms with Crippen LogP contribution in [0.25, 0.3) is 0 Å². The molecule has 2 aliphatic heterocycles. The fourth-order valence-corrected chi connectivity index (χ4v) is 4.95. The lowest BCUT2D eigenvalue weighted by Gasteiger charge is -2.27. The number of likely N-dealkylation sites (tertiary alicyclic amines) is 2. The predicted molar refractivity (Wildman–Crippen MR) is 112 cm³/mol. The minimum absolute atomic E-state index is 0.0220. The van der Waals surface area contributed by atoms with E-state index in [4.69, 9.17) is 4.42 Å². The number of furan rings is 1. The Morgan fingerprint density at radius 2 is 2.23 bits per heavy atom. The minimum atomic E-state index is -0.643. The Morgan fingerprint density at radius 1 is 1.32 bits per heavy atom. The summed E-state index contributed by atoms with van der Waals surface area (Å²) in [7, 11) is 1.92. The summed E-state index contributed by atoms with van der Waals surface area (Å²) in [6.07, 6.45) is 9.72. The molecule has 2 aliphatic rings. The van der Waals surface area contributed by atoms with Crippen LogP contribution in [-0.4, -0.2) is 55.8 Å². The number of aromatic nitrogens is 3. The number of hydrogen-bond donors (Lipinski definition) is 0. The molecule has 0 unspecified atom stereocenters. The summed E-state index contributed by atoms with van der Waals surface area (Å²) < 4.78 is 7.25. The molecule has 8 nitrogen and oxygen atoms in total. The molecule has 31 heavy (non-hydrogen) atoms. The lowest BCUT2D eigenvalue weighted by molar-refractivity contribution is -0.137. The highest BCUT2D eigenvalue weighted by atomic mass is 16.3. The highest BCUT2D eigenvalue weighted by Crippen LogP contribution is 2.49. The first-order valence-corrected chi connectivity index (χ1v) is 10.5. The lowest BCUT2D eigenvalue weighted by Crippen LogP contribution is -2.40. The molecule has 0 N–H and O–H groups in total. The van der Waals surface area contributed by atoms with Gasteiger partial charge in [-0.15, -0.1) is 0 Å². The number of carbonyl (C=O) groups excluding carboxylic acids is 2. The van der Waals surface area contributed by atoms with Crippen molar-refractivity contribution in [1.82, 2.24) is 24.3 Å². The van der Waals surface area contributed by atoms with Crippen molar-refractivity contribution in [2.75, 3.05) is 19.6 Å². The fourth-order valence-electron chi connectivity index (χ4n) is 4.95. The summed E-state index contributed by atoms with van der Waals surface area (Å²) >= 11 is 0. The Hall–Kier alpha value is -3.42. The lowest BCUT2D eigenvalue weighted by atomic mass is 9.75. The molecule has 0 aromatic carbocycles. The van der Waals surface area contributed by atoms with Gasteiger partial charge in [0.25, 0.3) is 0 Å². The van der Waals surface area contributed by atoms with Crippen molar-refractivity contribution in [2.24, 2.45) is 12.5 Å². The summed E-state index contributed by atoms with van der Waals surface area (Å²) in [5.41, 5.74) is 1.23. The third-order valence-corrected chi connectivity index (χ3v) is 6.52. The predicted octanol–water partition coefficient (Wildman–Crippen LogP) is 2.00. The van der Waals surface area contributed by atoms with Crippen LogP contribution in [0, 0.1) is 5.41 Å². The number of hydrogen-bond acceptors (Lipinski definition) is 5. The largest absolute Gasteiger partial charge is 0.469 e. The van der Waals surface area contributed by atoms with E-state index in [1.165, 1.54) is 0 Å². The van der Waals surface area contributed by atoms with Gasteiger partial charge in [-0.25, -0.2) is 4.98 Å². The molecule has 0 aliphatic carbocycles. The molecular formula is C23H25N5O3. The standard InChI is InChI=1S/C23H25N5O3/c1-26-14-20(25-16-26)19-13-28(21(29)10-18-5-3-9-31-18)15-23(19)6-8-27(22(23)30)12-17-4-2-7-24-11-17/h2-5,7,9,11,14,16,19H,6,8,10,12-13,15H2,1H3/t19-,23-/m0/s1. The van der Waals surface area contributed by atoms with Crippen LogP contribution < -0.4 is 0 Å². The molecule has 0 bridgehead atoms. The van der Waals surface area contributed by atoms with Gasteiger partial charge in [-0.05, 0) is 30.2 Å². The smallest absolute Gasteiger partial charge is 0.231 e. The second-order valence-electron chi connectivity index (χ2n) is 8.54. The van der Waals surface area contributed by atoms with E-state index < -0.39 is 5.41 Å². The van der Waals surface area contributed by atoms with E-state index >= 15 is 0 Å². The zero-order chi connectivity index (χ0) is 21.4. The van der Waals surface area contributed by atoms with Crippen LogP contribution in [0.4, 0.5) is 0 Å². The van der Waals surface area contributed by atoms with Crippen LogP contribution in [-0.2, 0) is 29.6 Å². The monoisotopic (exact) mass is 419 g/mol. The molecule has 0 saturated carbocycles. The minimum Gasteiger partial charge on any atom is -0.469 e. The summed E-state index contributed by atoms with van der Waals surface area (Å²) in [4.78, 5) is 39.2. The van der Waals surface area contributed by atoms with Crippen LogP contribution >= 0.6 is 0 Å². The average Bonchev–Trinajstić information content (AvgIpc) is 3.55. The third kappa shape index (κ3) is 3.52. The Kier molecular flexibility index (Phi) is 4.84. The van der Waals surface area contributed by atoms with Crippen LogP contribution in [0.15, 0.2) is 59.9 Å². The van der Waals surface area contributed by atoms with Crippen molar-refractivity contribution in [3.63, 3.8) is 0 Å². The number of pyridine rings is 1. The SMILES string of the molecule is Cn1cnc([C@@H]2CN(C(=O)Cc3ccco3)C[C@@]23CCN(Cc2cccnc2)C3=O)c1. The topological polar surface area (TPSA) is 84.5 Å². The molecule has 2 fully saturated rings. The van der Waals surface area contributed by atoms with Crippen molar-refractivity contribution in [3.8, 4) is 0 Å². The molecule has 160 valence electrons. The third-order valence-electron chi connectivity index (χ3n) is 6.52. The quantitative estimate of drug-likeness (QED) is 0.632. The molecule has 2 atom stereocenters. The number of nitrogens with zero attached hydrogens (tertiary/aromatic N) is 5. The van der Waals surface area contributed by atoms with Crippen molar-refractivity contribution >= 4 is 11.8 Å². The first kappa shape index (κ1) is 19.5. The van der Waals surface area contributed by atoms with Gasteiger partial charge in [0.05, 0.1) is 30.1 Å². The molecule has 8 heteroatoms. The highest BCUT2D eigenvalue weighted by molar-refractivity contribution is 5.88. The van der Waals surface area contributed by atoms with Crippen LogP contribution in [0.2, 0.25) is 0 Å². The van der Waals surface area contributed by atoms with Gasteiger partial charge in [0, 0.05) is 57.7 Å². The Bertz CT molecular complexity index is 1080. The van der Waals surface area contributed by atoms with Crippen LogP contribution in [0.3, 0.4) is 0 Å². The second-order valence-corrected chi connectivity index (χ2v) is 8.54. The van der Waals surface area contributed by atoms with Gasteiger partial charge in [-0.1, -0.05) is 6.07 Å². The van der Waals surface area contributed by atoms with Crippen molar-refractivity contribution in [1.29, 1.82) is 0 Å². The molecule has 5 rings (SSSR count). The molecule has 2 amide bonds. The summed E-state index contributed by atoms with van der Waals surface area (Å²) in [6.45, 7) is 2.10. The maximum Gasteiger partial charge on any atom is 0.231 e. The Labute approximate surface area is 180 Å². The molecule has 3 aromatic heterocycles. The fraction of sp³-hybridized carbons (Fsp3) is 0.391. The normalized spacial score (nSPS) is 23.3. The van der Waals surface area contributed by atoms with Crippen molar-refractivity contribution in [3.05, 3.63) is 72.5 Å². The van der Waals surface area contributed by atoms with E-state index in [0.717, 1.165) is 11.3 Å². The zero-order valence-corrected chi connectivity index (χ0v) is 17.5. The van der Waals surface area contributed by atoms with E-state index in [-0.39, 0.29) is 24.2 Å². The van der Waals surface area contributed by atoms with Crippen LogP contribution in [0.5, 0.6) is 0 Å².